The number of nitrogens with one attached hydrogen (secondary N) is 1. The van der Waals surface area contributed by atoms with Gasteiger partial charge in [0.05, 0.1) is 0 Å². The third kappa shape index (κ3) is 3.71. The average molecular weight is 252 g/mol. The van der Waals surface area contributed by atoms with Gasteiger partial charge in [0.25, 0.3) is 0 Å². The molecule has 0 aromatic heterocycles. The highest BCUT2D eigenvalue weighted by molar-refractivity contribution is 4.86. The maximum atomic E-state index is 3.60. The summed E-state index contributed by atoms with van der Waals surface area (Å²) in [4.78, 5) is 2.87. The molecule has 0 spiro atoms. The van der Waals surface area contributed by atoms with Crippen LogP contribution in [0.2, 0.25) is 0 Å². The van der Waals surface area contributed by atoms with Gasteiger partial charge in [0.2, 0.25) is 0 Å². The summed E-state index contributed by atoms with van der Waals surface area (Å²) < 4.78 is 0. The van der Waals surface area contributed by atoms with E-state index in [-0.39, 0.29) is 0 Å². The van der Waals surface area contributed by atoms with E-state index in [1.165, 1.54) is 71.0 Å². The Morgan fingerprint density at radius 1 is 1.06 bits per heavy atom. The van der Waals surface area contributed by atoms with Crippen LogP contribution in [-0.2, 0) is 0 Å². The first-order chi connectivity index (χ1) is 8.85. The molecule has 3 unspecified atom stereocenters. The van der Waals surface area contributed by atoms with Crippen molar-refractivity contribution in [1.29, 1.82) is 0 Å². The van der Waals surface area contributed by atoms with E-state index in [9.17, 15) is 0 Å². The summed E-state index contributed by atoms with van der Waals surface area (Å²) in [7, 11) is 0. The van der Waals surface area contributed by atoms with Crippen molar-refractivity contribution in [3.05, 3.63) is 0 Å². The summed E-state index contributed by atoms with van der Waals surface area (Å²) in [6.45, 7) is 8.49. The van der Waals surface area contributed by atoms with E-state index in [1.54, 1.807) is 0 Å². The van der Waals surface area contributed by atoms with Crippen molar-refractivity contribution in [2.45, 2.75) is 77.3 Å². The SMILES string of the molecule is CCCN(C1CCCNC1)C1CCCC(CC)C1. The van der Waals surface area contributed by atoms with Crippen molar-refractivity contribution >= 4 is 0 Å². The molecular formula is C16H32N2. The summed E-state index contributed by atoms with van der Waals surface area (Å²) in [5.41, 5.74) is 0. The molecule has 1 saturated heterocycles. The van der Waals surface area contributed by atoms with E-state index in [0.29, 0.717) is 0 Å². The lowest BCUT2D eigenvalue weighted by Gasteiger charge is -2.43. The number of nitrogens with zero attached hydrogens (tertiary/aromatic N) is 1. The predicted molar refractivity (Wildman–Crippen MR) is 78.9 cm³/mol. The minimum absolute atomic E-state index is 0.819. The van der Waals surface area contributed by atoms with Crippen LogP contribution >= 0.6 is 0 Å². The van der Waals surface area contributed by atoms with Gasteiger partial charge in [-0.1, -0.05) is 33.1 Å². The molecule has 0 aromatic rings. The van der Waals surface area contributed by atoms with Crippen molar-refractivity contribution in [2.24, 2.45) is 5.92 Å². The van der Waals surface area contributed by atoms with Crippen molar-refractivity contribution in [3.8, 4) is 0 Å². The molecule has 1 heterocycles. The first-order valence-electron chi connectivity index (χ1n) is 8.31. The molecule has 0 amide bonds. The summed E-state index contributed by atoms with van der Waals surface area (Å²) in [6.07, 6.45) is 11.3. The summed E-state index contributed by atoms with van der Waals surface area (Å²) in [5.74, 6) is 1.000. The zero-order chi connectivity index (χ0) is 12.8. The van der Waals surface area contributed by atoms with Crippen LogP contribution in [-0.4, -0.2) is 36.6 Å². The molecule has 2 rings (SSSR count). The maximum absolute atomic E-state index is 3.60. The maximum Gasteiger partial charge on any atom is 0.0224 e. The monoisotopic (exact) mass is 252 g/mol. The summed E-state index contributed by atoms with van der Waals surface area (Å²) >= 11 is 0. The molecular weight excluding hydrogens is 220 g/mol. The lowest BCUT2D eigenvalue weighted by Crippen LogP contribution is -2.51. The Bertz CT molecular complexity index is 223. The lowest BCUT2D eigenvalue weighted by atomic mass is 9.82. The van der Waals surface area contributed by atoms with Gasteiger partial charge in [-0.3, -0.25) is 4.90 Å². The lowest BCUT2D eigenvalue weighted by molar-refractivity contribution is 0.0713. The van der Waals surface area contributed by atoms with Gasteiger partial charge in [0.1, 0.15) is 0 Å². The van der Waals surface area contributed by atoms with Crippen LogP contribution in [0.1, 0.15) is 65.2 Å². The van der Waals surface area contributed by atoms with Crippen molar-refractivity contribution in [3.63, 3.8) is 0 Å². The van der Waals surface area contributed by atoms with Crippen molar-refractivity contribution in [1.82, 2.24) is 10.2 Å². The second kappa shape index (κ2) is 7.49. The Morgan fingerprint density at radius 2 is 1.89 bits per heavy atom. The normalized spacial score (nSPS) is 33.8. The van der Waals surface area contributed by atoms with Crippen LogP contribution in [0.15, 0.2) is 0 Å². The van der Waals surface area contributed by atoms with Gasteiger partial charge >= 0.3 is 0 Å². The standard InChI is InChI=1S/C16H32N2/c1-3-11-18(16-9-6-10-17-13-16)15-8-5-7-14(4-2)12-15/h14-17H,3-13H2,1-2H3. The van der Waals surface area contributed by atoms with Crippen LogP contribution in [0.4, 0.5) is 0 Å². The van der Waals surface area contributed by atoms with Gasteiger partial charge in [-0.05, 0) is 51.1 Å². The van der Waals surface area contributed by atoms with Gasteiger partial charge in [-0.15, -0.1) is 0 Å². The Labute approximate surface area is 114 Å². The third-order valence-corrected chi connectivity index (χ3v) is 5.02. The zero-order valence-corrected chi connectivity index (χ0v) is 12.5. The Balaban J connectivity index is 1.94. The number of rotatable bonds is 5. The zero-order valence-electron chi connectivity index (χ0n) is 12.5. The number of hydrogen-bond acceptors (Lipinski definition) is 2. The Kier molecular flexibility index (Phi) is 5.97. The molecule has 3 atom stereocenters. The second-order valence-electron chi connectivity index (χ2n) is 6.33. The molecule has 2 heteroatoms. The highest BCUT2D eigenvalue weighted by Gasteiger charge is 2.30. The minimum atomic E-state index is 0.819. The smallest absolute Gasteiger partial charge is 0.0224 e. The molecule has 106 valence electrons. The van der Waals surface area contributed by atoms with E-state index in [1.807, 2.05) is 0 Å². The molecule has 1 N–H and O–H groups in total. The quantitative estimate of drug-likeness (QED) is 0.806. The molecule has 1 aliphatic heterocycles. The fourth-order valence-corrected chi connectivity index (χ4v) is 3.97. The summed E-state index contributed by atoms with van der Waals surface area (Å²) in [5, 5.41) is 3.60. The first-order valence-corrected chi connectivity index (χ1v) is 8.31. The van der Waals surface area contributed by atoms with E-state index in [0.717, 1.165) is 18.0 Å². The third-order valence-electron chi connectivity index (χ3n) is 5.02. The van der Waals surface area contributed by atoms with Crippen molar-refractivity contribution < 1.29 is 0 Å². The minimum Gasteiger partial charge on any atom is -0.315 e. The average Bonchev–Trinajstić information content (AvgIpc) is 2.46. The van der Waals surface area contributed by atoms with Gasteiger partial charge in [0.15, 0.2) is 0 Å². The van der Waals surface area contributed by atoms with Crippen molar-refractivity contribution in [2.75, 3.05) is 19.6 Å². The number of hydrogen-bond donors (Lipinski definition) is 1. The number of piperidine rings is 1. The molecule has 18 heavy (non-hydrogen) atoms. The van der Waals surface area contributed by atoms with Crippen LogP contribution < -0.4 is 5.32 Å². The Morgan fingerprint density at radius 3 is 2.56 bits per heavy atom. The van der Waals surface area contributed by atoms with Gasteiger partial charge in [-0.25, -0.2) is 0 Å². The molecule has 0 bridgehead atoms. The van der Waals surface area contributed by atoms with Crippen LogP contribution in [0.5, 0.6) is 0 Å². The second-order valence-corrected chi connectivity index (χ2v) is 6.33. The molecule has 0 aromatic carbocycles. The molecule has 1 saturated carbocycles. The van der Waals surface area contributed by atoms with E-state index in [4.69, 9.17) is 0 Å². The first kappa shape index (κ1) is 14.3. The van der Waals surface area contributed by atoms with Crippen LogP contribution in [0.3, 0.4) is 0 Å². The van der Waals surface area contributed by atoms with Gasteiger partial charge in [0, 0.05) is 18.6 Å². The van der Waals surface area contributed by atoms with Crippen LogP contribution in [0.25, 0.3) is 0 Å². The molecule has 1 aliphatic carbocycles. The fourth-order valence-electron chi connectivity index (χ4n) is 3.97. The predicted octanol–water partition coefficient (Wildman–Crippen LogP) is 3.42. The topological polar surface area (TPSA) is 15.3 Å². The van der Waals surface area contributed by atoms with E-state index >= 15 is 0 Å². The molecule has 0 radical (unpaired) electrons. The Hall–Kier alpha value is -0.0800. The highest BCUT2D eigenvalue weighted by atomic mass is 15.2. The molecule has 2 nitrogen and oxygen atoms in total. The van der Waals surface area contributed by atoms with E-state index < -0.39 is 0 Å². The molecule has 2 aliphatic rings. The largest absolute Gasteiger partial charge is 0.315 e. The fraction of sp³-hybridized carbons (Fsp3) is 1.00. The van der Waals surface area contributed by atoms with Gasteiger partial charge < -0.3 is 5.32 Å². The summed E-state index contributed by atoms with van der Waals surface area (Å²) in [6, 6.07) is 1.70. The highest BCUT2D eigenvalue weighted by Crippen LogP contribution is 2.31. The van der Waals surface area contributed by atoms with E-state index in [2.05, 4.69) is 24.1 Å². The molecule has 2 fully saturated rings. The van der Waals surface area contributed by atoms with Gasteiger partial charge in [-0.2, -0.15) is 0 Å². The van der Waals surface area contributed by atoms with Crippen LogP contribution in [0, 0.1) is 5.92 Å².